The predicted octanol–water partition coefficient (Wildman–Crippen LogP) is 7.14. The summed E-state index contributed by atoms with van der Waals surface area (Å²) < 4.78 is 1.17. The van der Waals surface area contributed by atoms with Gasteiger partial charge in [0.1, 0.15) is 0 Å². The van der Waals surface area contributed by atoms with Crippen LogP contribution in [0.3, 0.4) is 0 Å². The lowest BCUT2D eigenvalue weighted by molar-refractivity contribution is 0.487. The second-order valence-electron chi connectivity index (χ2n) is 5.76. The number of alkyl halides is 1. The van der Waals surface area contributed by atoms with Gasteiger partial charge in [0.15, 0.2) is 0 Å². The Morgan fingerprint density at radius 3 is 2.10 bits per heavy atom. The van der Waals surface area contributed by atoms with E-state index in [1.807, 2.05) is 0 Å². The van der Waals surface area contributed by atoms with Gasteiger partial charge in [0, 0.05) is 9.80 Å². The van der Waals surface area contributed by atoms with Gasteiger partial charge in [0.2, 0.25) is 0 Å². The van der Waals surface area contributed by atoms with Gasteiger partial charge in [-0.3, -0.25) is 0 Å². The smallest absolute Gasteiger partial charge is 0.0175 e. The van der Waals surface area contributed by atoms with Crippen LogP contribution in [0.1, 0.15) is 63.9 Å². The van der Waals surface area contributed by atoms with Crippen molar-refractivity contribution in [3.63, 3.8) is 0 Å². The summed E-state index contributed by atoms with van der Waals surface area (Å²) in [4.78, 5) is 0. The molecule has 1 aromatic carbocycles. The Labute approximate surface area is 142 Å². The zero-order chi connectivity index (χ0) is 14.6. The van der Waals surface area contributed by atoms with Gasteiger partial charge in [0.25, 0.3) is 0 Å². The first-order chi connectivity index (χ1) is 9.76. The van der Waals surface area contributed by atoms with Crippen molar-refractivity contribution in [2.24, 2.45) is 5.92 Å². The number of rotatable bonds is 11. The van der Waals surface area contributed by atoms with Crippen LogP contribution in [0.5, 0.6) is 0 Å². The molecule has 0 nitrogen and oxygen atoms in total. The third-order valence-corrected chi connectivity index (χ3v) is 5.32. The van der Waals surface area contributed by atoms with Crippen molar-refractivity contribution in [1.82, 2.24) is 0 Å². The normalized spacial score (nSPS) is 12.6. The highest BCUT2D eigenvalue weighted by atomic mass is 79.9. The van der Waals surface area contributed by atoms with Gasteiger partial charge in [0.05, 0.1) is 0 Å². The minimum Gasteiger partial charge on any atom is -0.0925 e. The summed E-state index contributed by atoms with van der Waals surface area (Å²) in [5.74, 6) is 0.784. The fourth-order valence-electron chi connectivity index (χ4n) is 2.58. The van der Waals surface area contributed by atoms with E-state index in [1.54, 1.807) is 0 Å². The largest absolute Gasteiger partial charge is 0.0925 e. The van der Waals surface area contributed by atoms with Crippen LogP contribution < -0.4 is 0 Å². The van der Waals surface area contributed by atoms with E-state index in [1.165, 1.54) is 67.8 Å². The summed E-state index contributed by atoms with van der Waals surface area (Å²) in [6.07, 6.45) is 12.4. The Kier molecular flexibility index (Phi) is 10.8. The van der Waals surface area contributed by atoms with Crippen molar-refractivity contribution in [2.75, 3.05) is 5.33 Å². The number of unbranched alkanes of at least 4 members (excludes halogenated alkanes) is 6. The second-order valence-corrected chi connectivity index (χ2v) is 7.32. The van der Waals surface area contributed by atoms with Crippen LogP contribution in [0, 0.1) is 5.92 Å². The van der Waals surface area contributed by atoms with Gasteiger partial charge in [-0.25, -0.2) is 0 Å². The third-order valence-electron chi connectivity index (χ3n) is 3.87. The van der Waals surface area contributed by atoms with E-state index in [9.17, 15) is 0 Å². The summed E-state index contributed by atoms with van der Waals surface area (Å²) in [5, 5.41) is 1.12. The Morgan fingerprint density at radius 1 is 0.900 bits per heavy atom. The molecule has 1 atom stereocenters. The number of benzene rings is 1. The second kappa shape index (κ2) is 11.8. The maximum Gasteiger partial charge on any atom is 0.0175 e. The van der Waals surface area contributed by atoms with Crippen LogP contribution in [0.4, 0.5) is 0 Å². The molecule has 0 saturated carbocycles. The fourth-order valence-corrected chi connectivity index (χ4v) is 3.39. The lowest BCUT2D eigenvalue weighted by atomic mass is 9.95. The molecule has 0 radical (unpaired) electrons. The summed E-state index contributed by atoms with van der Waals surface area (Å²) in [6.45, 7) is 2.28. The van der Waals surface area contributed by atoms with Crippen molar-refractivity contribution in [3.05, 3.63) is 34.3 Å². The lowest BCUT2D eigenvalue weighted by Crippen LogP contribution is -2.06. The van der Waals surface area contributed by atoms with Crippen LogP contribution in [-0.4, -0.2) is 5.33 Å². The molecule has 114 valence electrons. The molecular weight excluding hydrogens is 376 g/mol. The molecule has 0 bridgehead atoms. The Balaban J connectivity index is 2.14. The molecular formula is C18H28Br2. The summed E-state index contributed by atoms with van der Waals surface area (Å²) in [7, 11) is 0. The van der Waals surface area contributed by atoms with E-state index in [4.69, 9.17) is 0 Å². The van der Waals surface area contributed by atoms with Gasteiger partial charge < -0.3 is 0 Å². The monoisotopic (exact) mass is 402 g/mol. The minimum atomic E-state index is 0.784. The predicted molar refractivity (Wildman–Crippen MR) is 97.7 cm³/mol. The first-order valence-corrected chi connectivity index (χ1v) is 9.98. The summed E-state index contributed by atoms with van der Waals surface area (Å²) in [6, 6.07) is 8.78. The molecule has 20 heavy (non-hydrogen) atoms. The first-order valence-electron chi connectivity index (χ1n) is 8.06. The summed E-state index contributed by atoms with van der Waals surface area (Å²) in [5.41, 5.74) is 1.46. The molecule has 0 amide bonds. The van der Waals surface area contributed by atoms with Crippen LogP contribution in [0.2, 0.25) is 0 Å². The summed E-state index contributed by atoms with van der Waals surface area (Å²) >= 11 is 7.18. The standard InChI is InChI=1S/C18H28Br2/c1-2-3-4-5-6-7-8-9-17(15-19)14-16-10-12-18(20)13-11-16/h10-13,17H,2-9,14-15H2,1H3. The van der Waals surface area contributed by atoms with E-state index < -0.39 is 0 Å². The quantitative estimate of drug-likeness (QED) is 0.272. The number of hydrogen-bond acceptors (Lipinski definition) is 0. The molecule has 0 aromatic heterocycles. The topological polar surface area (TPSA) is 0 Å². The van der Waals surface area contributed by atoms with Crippen molar-refractivity contribution >= 4 is 31.9 Å². The molecule has 2 heteroatoms. The maximum absolute atomic E-state index is 3.68. The SMILES string of the molecule is CCCCCCCCCC(CBr)Cc1ccc(Br)cc1. The van der Waals surface area contributed by atoms with E-state index >= 15 is 0 Å². The van der Waals surface area contributed by atoms with Crippen molar-refractivity contribution in [1.29, 1.82) is 0 Å². The molecule has 0 heterocycles. The fraction of sp³-hybridized carbons (Fsp3) is 0.667. The van der Waals surface area contributed by atoms with E-state index in [0.717, 1.165) is 11.2 Å². The molecule has 1 rings (SSSR count). The molecule has 1 unspecified atom stereocenters. The zero-order valence-electron chi connectivity index (χ0n) is 12.7. The van der Waals surface area contributed by atoms with Crippen LogP contribution >= 0.6 is 31.9 Å². The van der Waals surface area contributed by atoms with Crippen molar-refractivity contribution < 1.29 is 0 Å². The molecule has 0 spiro atoms. The Bertz CT molecular complexity index is 332. The third kappa shape index (κ3) is 8.46. The lowest BCUT2D eigenvalue weighted by Gasteiger charge is -2.14. The number of hydrogen-bond donors (Lipinski definition) is 0. The number of halogens is 2. The molecule has 0 fully saturated rings. The van der Waals surface area contributed by atoms with Crippen molar-refractivity contribution in [2.45, 2.75) is 64.7 Å². The van der Waals surface area contributed by atoms with Crippen LogP contribution in [0.15, 0.2) is 28.7 Å². The van der Waals surface area contributed by atoms with Gasteiger partial charge in [-0.15, -0.1) is 0 Å². The molecule has 0 aliphatic carbocycles. The maximum atomic E-state index is 3.68. The highest BCUT2D eigenvalue weighted by Gasteiger charge is 2.08. The average molecular weight is 404 g/mol. The zero-order valence-corrected chi connectivity index (χ0v) is 15.9. The molecule has 0 N–H and O–H groups in total. The van der Waals surface area contributed by atoms with Gasteiger partial charge in [-0.2, -0.15) is 0 Å². The molecule has 1 aromatic rings. The molecule has 0 aliphatic heterocycles. The molecule has 0 aliphatic rings. The van der Waals surface area contributed by atoms with Gasteiger partial charge in [-0.1, -0.05) is 95.9 Å². The van der Waals surface area contributed by atoms with E-state index in [2.05, 4.69) is 63.0 Å². The minimum absolute atomic E-state index is 0.784. The molecule has 0 saturated heterocycles. The van der Waals surface area contributed by atoms with Gasteiger partial charge in [-0.05, 0) is 36.5 Å². The highest BCUT2D eigenvalue weighted by Crippen LogP contribution is 2.20. The Hall–Kier alpha value is 0.180. The van der Waals surface area contributed by atoms with Crippen molar-refractivity contribution in [3.8, 4) is 0 Å². The first kappa shape index (κ1) is 18.2. The average Bonchev–Trinajstić information content (AvgIpc) is 2.47. The van der Waals surface area contributed by atoms with Gasteiger partial charge >= 0.3 is 0 Å². The van der Waals surface area contributed by atoms with Crippen LogP contribution in [-0.2, 0) is 6.42 Å². The van der Waals surface area contributed by atoms with E-state index in [-0.39, 0.29) is 0 Å². The van der Waals surface area contributed by atoms with E-state index in [0.29, 0.717) is 0 Å². The van der Waals surface area contributed by atoms with Crippen LogP contribution in [0.25, 0.3) is 0 Å². The highest BCUT2D eigenvalue weighted by molar-refractivity contribution is 9.10. The Morgan fingerprint density at radius 2 is 1.50 bits per heavy atom.